The first-order valence-electron chi connectivity index (χ1n) is 7.87. The minimum absolute atomic E-state index is 0.112. The maximum absolute atomic E-state index is 12.8. The predicted octanol–water partition coefficient (Wildman–Crippen LogP) is 1.91. The largest absolute Gasteiger partial charge is 0.384 e. The Morgan fingerprint density at radius 1 is 1.27 bits per heavy atom. The quantitative estimate of drug-likeness (QED) is 0.804. The summed E-state index contributed by atoms with van der Waals surface area (Å²) in [6, 6.07) is 7.85. The number of thioether (sulfide) groups is 2. The molecule has 0 bridgehead atoms. The number of carbonyl (C=O) groups is 1. The fraction of sp³-hybridized carbons (Fsp3) is 0.294. The van der Waals surface area contributed by atoms with Crippen molar-refractivity contribution in [2.75, 3.05) is 5.73 Å². The Hall–Kier alpha value is -2.26. The molecule has 1 unspecified atom stereocenters. The van der Waals surface area contributed by atoms with E-state index in [0.717, 1.165) is 30.5 Å². The molecule has 0 fully saturated rings. The Morgan fingerprint density at radius 3 is 2.69 bits per heavy atom. The van der Waals surface area contributed by atoms with Gasteiger partial charge in [0.2, 0.25) is 0 Å². The van der Waals surface area contributed by atoms with Gasteiger partial charge >= 0.3 is 5.69 Å². The molecule has 0 saturated carbocycles. The van der Waals surface area contributed by atoms with Gasteiger partial charge in [-0.05, 0) is 18.6 Å². The van der Waals surface area contributed by atoms with Crippen LogP contribution >= 0.6 is 23.5 Å². The Kier molecular flexibility index (Phi) is 5.10. The van der Waals surface area contributed by atoms with Crippen molar-refractivity contribution in [1.82, 2.24) is 9.13 Å². The molecule has 0 amide bonds. The summed E-state index contributed by atoms with van der Waals surface area (Å²) in [5.74, 6) is 0.261. The van der Waals surface area contributed by atoms with E-state index in [9.17, 15) is 14.4 Å². The Labute approximate surface area is 158 Å². The topological polar surface area (TPSA) is 99.4 Å². The van der Waals surface area contributed by atoms with E-state index < -0.39 is 22.3 Å². The van der Waals surface area contributed by atoms with Gasteiger partial charge in [0, 0.05) is 19.8 Å². The van der Waals surface area contributed by atoms with Crippen molar-refractivity contribution in [2.24, 2.45) is 19.1 Å². The summed E-state index contributed by atoms with van der Waals surface area (Å²) in [6.07, 6.45) is 0. The lowest BCUT2D eigenvalue weighted by Crippen LogP contribution is -2.42. The Balaban J connectivity index is 1.90. The van der Waals surface area contributed by atoms with E-state index in [4.69, 9.17) is 5.73 Å². The van der Waals surface area contributed by atoms with Gasteiger partial charge in [-0.15, -0.1) is 0 Å². The number of hydrogen-bond donors (Lipinski definition) is 1. The summed E-state index contributed by atoms with van der Waals surface area (Å²) in [5.41, 5.74) is 6.52. The zero-order valence-electron chi connectivity index (χ0n) is 14.6. The lowest BCUT2D eigenvalue weighted by Gasteiger charge is -2.18. The van der Waals surface area contributed by atoms with Crippen LogP contribution in [0.2, 0.25) is 0 Å². The highest BCUT2D eigenvalue weighted by atomic mass is 32.2. The third kappa shape index (κ3) is 3.24. The molecule has 1 aromatic carbocycles. The van der Waals surface area contributed by atoms with Crippen LogP contribution in [0.15, 0.2) is 38.8 Å². The second-order valence-corrected chi connectivity index (χ2v) is 8.44. The second kappa shape index (κ2) is 7.16. The van der Waals surface area contributed by atoms with Crippen LogP contribution in [-0.4, -0.2) is 24.5 Å². The molecule has 1 aliphatic rings. The SMILES string of the molecule is CC(SC1=Nc2ccccc2CS1)C(=O)c1c(N)n(C)c(=O)n(C)c1=O. The van der Waals surface area contributed by atoms with Crippen LogP contribution < -0.4 is 17.0 Å². The number of nitrogen functional groups attached to an aromatic ring is 1. The summed E-state index contributed by atoms with van der Waals surface area (Å²) >= 11 is 2.85. The molecule has 2 aromatic rings. The van der Waals surface area contributed by atoms with Gasteiger partial charge in [0.05, 0.1) is 10.9 Å². The zero-order chi connectivity index (χ0) is 19.0. The monoisotopic (exact) mass is 390 g/mol. The van der Waals surface area contributed by atoms with Gasteiger partial charge in [0.1, 0.15) is 15.8 Å². The van der Waals surface area contributed by atoms with Crippen molar-refractivity contribution in [3.8, 4) is 0 Å². The Morgan fingerprint density at radius 2 is 1.96 bits per heavy atom. The number of carbonyl (C=O) groups excluding carboxylic acids is 1. The summed E-state index contributed by atoms with van der Waals surface area (Å²) in [5, 5.41) is -0.556. The molecule has 1 aliphatic heterocycles. The molecule has 26 heavy (non-hydrogen) atoms. The van der Waals surface area contributed by atoms with Gasteiger partial charge < -0.3 is 5.73 Å². The van der Waals surface area contributed by atoms with Crippen LogP contribution in [0.1, 0.15) is 22.8 Å². The van der Waals surface area contributed by atoms with Crippen LogP contribution in [0.3, 0.4) is 0 Å². The number of nitrogens with two attached hydrogens (primary N) is 1. The summed E-state index contributed by atoms with van der Waals surface area (Å²) in [4.78, 5) is 41.7. The van der Waals surface area contributed by atoms with Crippen LogP contribution in [0.4, 0.5) is 11.5 Å². The van der Waals surface area contributed by atoms with Crippen molar-refractivity contribution >= 4 is 45.2 Å². The van der Waals surface area contributed by atoms with Gasteiger partial charge in [-0.3, -0.25) is 18.7 Å². The van der Waals surface area contributed by atoms with E-state index >= 15 is 0 Å². The molecular weight excluding hydrogens is 372 g/mol. The average molecular weight is 390 g/mol. The molecule has 9 heteroatoms. The molecule has 0 aliphatic carbocycles. The standard InChI is InChI=1S/C17H18N4O3S2/c1-9(26-16-19-11-7-5-4-6-10(11)8-25-16)13(22)12-14(18)20(2)17(24)21(3)15(12)23/h4-7,9H,8,18H2,1-3H3. The van der Waals surface area contributed by atoms with E-state index in [1.54, 1.807) is 18.7 Å². The molecule has 2 heterocycles. The number of hydrogen-bond acceptors (Lipinski definition) is 7. The van der Waals surface area contributed by atoms with Crippen LogP contribution in [0.25, 0.3) is 0 Å². The first-order chi connectivity index (χ1) is 12.3. The molecule has 7 nitrogen and oxygen atoms in total. The van der Waals surface area contributed by atoms with Crippen molar-refractivity contribution < 1.29 is 4.79 Å². The highest BCUT2D eigenvalue weighted by Crippen LogP contribution is 2.36. The number of fused-ring (bicyclic) bond motifs is 1. The number of para-hydroxylation sites is 1. The summed E-state index contributed by atoms with van der Waals surface area (Å²) in [7, 11) is 2.76. The van der Waals surface area contributed by atoms with E-state index in [1.807, 2.05) is 24.3 Å². The first kappa shape index (κ1) is 18.5. The smallest absolute Gasteiger partial charge is 0.332 e. The highest BCUT2D eigenvalue weighted by Gasteiger charge is 2.27. The normalized spacial score (nSPS) is 14.5. The number of nitrogens with zero attached hydrogens (tertiary/aromatic N) is 3. The Bertz CT molecular complexity index is 1040. The molecule has 3 rings (SSSR count). The van der Waals surface area contributed by atoms with Crippen molar-refractivity contribution in [3.05, 3.63) is 56.2 Å². The minimum Gasteiger partial charge on any atom is -0.384 e. The molecule has 2 N–H and O–H groups in total. The maximum Gasteiger partial charge on any atom is 0.332 e. The fourth-order valence-corrected chi connectivity index (χ4v) is 4.82. The average Bonchev–Trinajstić information content (AvgIpc) is 2.64. The molecule has 0 radical (unpaired) electrons. The predicted molar refractivity (Wildman–Crippen MR) is 108 cm³/mol. The van der Waals surface area contributed by atoms with Gasteiger partial charge in [0.15, 0.2) is 5.78 Å². The van der Waals surface area contributed by atoms with E-state index in [-0.39, 0.29) is 11.4 Å². The number of rotatable bonds is 3. The van der Waals surface area contributed by atoms with Crippen molar-refractivity contribution in [2.45, 2.75) is 17.9 Å². The number of aromatic nitrogens is 2. The van der Waals surface area contributed by atoms with Crippen molar-refractivity contribution in [1.29, 1.82) is 0 Å². The number of ketones is 1. The van der Waals surface area contributed by atoms with E-state index in [0.29, 0.717) is 0 Å². The fourth-order valence-electron chi connectivity index (χ4n) is 2.57. The minimum atomic E-state index is -0.674. The second-order valence-electron chi connectivity index (χ2n) is 5.89. The van der Waals surface area contributed by atoms with Crippen LogP contribution in [-0.2, 0) is 19.8 Å². The lowest BCUT2D eigenvalue weighted by atomic mass is 10.1. The van der Waals surface area contributed by atoms with Crippen LogP contribution in [0, 0.1) is 0 Å². The third-order valence-electron chi connectivity index (χ3n) is 4.16. The molecular formula is C17H18N4O3S2. The molecule has 0 saturated heterocycles. The van der Waals surface area contributed by atoms with Crippen LogP contribution in [0.5, 0.6) is 0 Å². The third-order valence-corrected chi connectivity index (χ3v) is 6.45. The van der Waals surface area contributed by atoms with Gasteiger partial charge in [-0.25, -0.2) is 9.79 Å². The molecule has 136 valence electrons. The summed E-state index contributed by atoms with van der Waals surface area (Å²) in [6.45, 7) is 1.71. The van der Waals surface area contributed by atoms with Crippen molar-refractivity contribution in [3.63, 3.8) is 0 Å². The first-order valence-corrected chi connectivity index (χ1v) is 9.73. The number of benzene rings is 1. The molecule has 1 aromatic heterocycles. The van der Waals surface area contributed by atoms with E-state index in [2.05, 4.69) is 4.99 Å². The van der Waals surface area contributed by atoms with E-state index in [1.165, 1.54) is 25.9 Å². The molecule has 1 atom stereocenters. The maximum atomic E-state index is 12.8. The zero-order valence-corrected chi connectivity index (χ0v) is 16.2. The number of aliphatic imine (C=N–C) groups is 1. The summed E-state index contributed by atoms with van der Waals surface area (Å²) < 4.78 is 2.77. The molecule has 0 spiro atoms. The lowest BCUT2D eigenvalue weighted by molar-refractivity contribution is 0.0992. The number of anilines is 1. The highest BCUT2D eigenvalue weighted by molar-refractivity contribution is 8.39. The van der Waals surface area contributed by atoms with Gasteiger partial charge in [-0.1, -0.05) is 41.7 Å². The number of Topliss-reactive ketones (excluding diaryl/α,β-unsaturated/α-hetero) is 1. The van der Waals surface area contributed by atoms with Gasteiger partial charge in [0.25, 0.3) is 5.56 Å². The van der Waals surface area contributed by atoms with Gasteiger partial charge in [-0.2, -0.15) is 0 Å².